The summed E-state index contributed by atoms with van der Waals surface area (Å²) in [7, 11) is 1.77. The minimum Gasteiger partial charge on any atom is -0.356 e. The molecule has 0 radical (unpaired) electrons. The minimum atomic E-state index is -0.464. The fraction of sp³-hybridized carbons (Fsp3) is 0.889. The van der Waals surface area contributed by atoms with Crippen molar-refractivity contribution in [2.24, 2.45) is 10.4 Å². The van der Waals surface area contributed by atoms with Gasteiger partial charge in [0.1, 0.15) is 0 Å². The fourth-order valence-electron chi connectivity index (χ4n) is 3.14. The molecule has 7 heteroatoms. The molecule has 0 saturated carbocycles. The molecule has 0 aromatic carbocycles. The van der Waals surface area contributed by atoms with Crippen LogP contribution in [0.25, 0.3) is 0 Å². The largest absolute Gasteiger partial charge is 0.356 e. The second kappa shape index (κ2) is 12.7. The van der Waals surface area contributed by atoms with Gasteiger partial charge in [-0.05, 0) is 46.6 Å². The Bertz CT molecular complexity index is 414. The molecule has 0 aliphatic carbocycles. The molecule has 1 heterocycles. The summed E-state index contributed by atoms with van der Waals surface area (Å²) in [6, 6.07) is 0.729. The Morgan fingerprint density at radius 2 is 1.92 bits per heavy atom. The zero-order valence-corrected chi connectivity index (χ0v) is 19.0. The average Bonchev–Trinajstić information content (AvgIpc) is 2.58. The molecule has 1 rings (SSSR count). The van der Waals surface area contributed by atoms with E-state index in [0.717, 1.165) is 25.1 Å². The number of nitrogens with zero attached hydrogens (tertiary/aromatic N) is 2. The Morgan fingerprint density at radius 3 is 2.52 bits per heavy atom. The van der Waals surface area contributed by atoms with E-state index in [2.05, 4.69) is 32.8 Å². The van der Waals surface area contributed by atoms with Crippen molar-refractivity contribution in [2.45, 2.75) is 59.4 Å². The molecular weight excluding hydrogens is 429 g/mol. The molecule has 1 fully saturated rings. The molecule has 0 bridgehead atoms. The predicted molar refractivity (Wildman–Crippen MR) is 117 cm³/mol. The van der Waals surface area contributed by atoms with Crippen LogP contribution < -0.4 is 16.0 Å². The highest BCUT2D eigenvalue weighted by atomic mass is 127. The number of halogens is 1. The van der Waals surface area contributed by atoms with Gasteiger partial charge in [-0.15, -0.1) is 24.0 Å². The van der Waals surface area contributed by atoms with Gasteiger partial charge in [-0.3, -0.25) is 14.7 Å². The van der Waals surface area contributed by atoms with Crippen LogP contribution in [0.2, 0.25) is 0 Å². The van der Waals surface area contributed by atoms with Crippen LogP contribution in [0.1, 0.15) is 53.4 Å². The van der Waals surface area contributed by atoms with Gasteiger partial charge in [0.05, 0.1) is 5.41 Å². The highest BCUT2D eigenvalue weighted by Gasteiger charge is 2.27. The van der Waals surface area contributed by atoms with Gasteiger partial charge in [0.25, 0.3) is 0 Å². The highest BCUT2D eigenvalue weighted by molar-refractivity contribution is 14.0. The Balaban J connectivity index is 0.00000576. The summed E-state index contributed by atoms with van der Waals surface area (Å²) in [5.41, 5.74) is -0.464. The number of guanidine groups is 1. The predicted octanol–water partition coefficient (Wildman–Crippen LogP) is 2.20. The number of likely N-dealkylation sites (tertiary alicyclic amines) is 1. The first-order chi connectivity index (χ1) is 11.4. The zero-order valence-electron chi connectivity index (χ0n) is 16.7. The van der Waals surface area contributed by atoms with Crippen LogP contribution in [-0.2, 0) is 4.79 Å². The van der Waals surface area contributed by atoms with E-state index in [1.165, 1.54) is 32.2 Å². The summed E-state index contributed by atoms with van der Waals surface area (Å²) in [6.45, 7) is 12.4. The molecule has 148 valence electrons. The summed E-state index contributed by atoms with van der Waals surface area (Å²) in [4.78, 5) is 18.9. The first-order valence-electron chi connectivity index (χ1n) is 9.41. The Hall–Kier alpha value is -0.570. The lowest BCUT2D eigenvalue weighted by molar-refractivity contribution is -0.128. The van der Waals surface area contributed by atoms with Crippen molar-refractivity contribution in [2.75, 3.05) is 39.8 Å². The Kier molecular flexibility index (Phi) is 12.4. The lowest BCUT2D eigenvalue weighted by Gasteiger charge is -2.35. The molecule has 6 nitrogen and oxygen atoms in total. The zero-order chi connectivity index (χ0) is 18.0. The number of aliphatic imine (C=N–C) groups is 1. The maximum atomic E-state index is 12.0. The van der Waals surface area contributed by atoms with Crippen LogP contribution in [0.4, 0.5) is 0 Å². The van der Waals surface area contributed by atoms with Crippen LogP contribution >= 0.6 is 24.0 Å². The van der Waals surface area contributed by atoms with Gasteiger partial charge in [0.2, 0.25) is 5.91 Å². The topological polar surface area (TPSA) is 68.8 Å². The van der Waals surface area contributed by atoms with Crippen molar-refractivity contribution in [3.05, 3.63) is 0 Å². The average molecular weight is 467 g/mol. The van der Waals surface area contributed by atoms with Crippen LogP contribution in [0.5, 0.6) is 0 Å². The number of carbonyl (C=O) groups excluding carboxylic acids is 1. The second-order valence-corrected chi connectivity index (χ2v) is 7.19. The van der Waals surface area contributed by atoms with E-state index in [0.29, 0.717) is 13.1 Å². The standard InChI is InChI=1S/C18H37N5O.HI/c1-6-15-10-8-9-12-23(15)13-11-21-17(19-5)22-14-18(3,4)16(24)20-7-2;/h15H,6-14H2,1-5H3,(H,20,24)(H2,19,21,22);1H. The van der Waals surface area contributed by atoms with Crippen molar-refractivity contribution in [3.63, 3.8) is 0 Å². The number of amides is 1. The highest BCUT2D eigenvalue weighted by Crippen LogP contribution is 2.18. The third kappa shape index (κ3) is 8.57. The van der Waals surface area contributed by atoms with Gasteiger partial charge < -0.3 is 16.0 Å². The van der Waals surface area contributed by atoms with E-state index < -0.39 is 5.41 Å². The quantitative estimate of drug-likeness (QED) is 0.291. The van der Waals surface area contributed by atoms with Gasteiger partial charge in [-0.1, -0.05) is 13.3 Å². The fourth-order valence-corrected chi connectivity index (χ4v) is 3.14. The van der Waals surface area contributed by atoms with Crippen molar-refractivity contribution in [1.82, 2.24) is 20.9 Å². The monoisotopic (exact) mass is 467 g/mol. The van der Waals surface area contributed by atoms with Gasteiger partial charge in [0, 0.05) is 39.3 Å². The Morgan fingerprint density at radius 1 is 1.20 bits per heavy atom. The van der Waals surface area contributed by atoms with E-state index >= 15 is 0 Å². The minimum absolute atomic E-state index is 0. The van der Waals surface area contributed by atoms with E-state index in [1.807, 2.05) is 20.8 Å². The number of rotatable bonds is 8. The normalized spacial score (nSPS) is 19.1. The van der Waals surface area contributed by atoms with Crippen LogP contribution in [-0.4, -0.2) is 62.6 Å². The number of hydrogen-bond acceptors (Lipinski definition) is 3. The molecule has 25 heavy (non-hydrogen) atoms. The number of piperidine rings is 1. The second-order valence-electron chi connectivity index (χ2n) is 7.19. The molecule has 1 amide bonds. The summed E-state index contributed by atoms with van der Waals surface area (Å²) in [5, 5.41) is 9.52. The van der Waals surface area contributed by atoms with Crippen LogP contribution in [0.15, 0.2) is 4.99 Å². The van der Waals surface area contributed by atoms with Crippen molar-refractivity contribution < 1.29 is 4.79 Å². The van der Waals surface area contributed by atoms with Crippen LogP contribution in [0, 0.1) is 5.41 Å². The summed E-state index contributed by atoms with van der Waals surface area (Å²) in [5.74, 6) is 0.824. The van der Waals surface area contributed by atoms with Crippen molar-refractivity contribution in [3.8, 4) is 0 Å². The molecular formula is C18H38IN5O. The summed E-state index contributed by atoms with van der Waals surface area (Å²) in [6.07, 6.45) is 5.22. The molecule has 1 aliphatic rings. The molecule has 1 aliphatic heterocycles. The van der Waals surface area contributed by atoms with E-state index in [-0.39, 0.29) is 29.9 Å². The molecule has 1 atom stereocenters. The first-order valence-corrected chi connectivity index (χ1v) is 9.41. The lowest BCUT2D eigenvalue weighted by atomic mass is 9.92. The molecule has 1 unspecified atom stereocenters. The summed E-state index contributed by atoms with van der Waals surface area (Å²) < 4.78 is 0. The number of nitrogens with one attached hydrogen (secondary N) is 3. The number of carbonyl (C=O) groups is 1. The van der Waals surface area contributed by atoms with Gasteiger partial charge in [-0.2, -0.15) is 0 Å². The van der Waals surface area contributed by atoms with E-state index in [4.69, 9.17) is 0 Å². The lowest BCUT2D eigenvalue weighted by Crippen LogP contribution is -2.49. The number of hydrogen-bond donors (Lipinski definition) is 3. The first kappa shape index (κ1) is 24.4. The smallest absolute Gasteiger partial charge is 0.227 e. The maximum absolute atomic E-state index is 12.0. The molecule has 0 aromatic heterocycles. The van der Waals surface area contributed by atoms with Crippen molar-refractivity contribution >= 4 is 35.8 Å². The molecule has 1 saturated heterocycles. The van der Waals surface area contributed by atoms with Gasteiger partial charge >= 0.3 is 0 Å². The third-order valence-corrected chi connectivity index (χ3v) is 4.79. The van der Waals surface area contributed by atoms with Gasteiger partial charge in [-0.25, -0.2) is 0 Å². The van der Waals surface area contributed by atoms with Crippen molar-refractivity contribution in [1.29, 1.82) is 0 Å². The molecule has 3 N–H and O–H groups in total. The maximum Gasteiger partial charge on any atom is 0.227 e. The molecule has 0 aromatic rings. The van der Waals surface area contributed by atoms with E-state index in [9.17, 15) is 4.79 Å². The third-order valence-electron chi connectivity index (χ3n) is 4.79. The Labute approximate surface area is 171 Å². The summed E-state index contributed by atoms with van der Waals surface area (Å²) >= 11 is 0. The van der Waals surface area contributed by atoms with E-state index in [1.54, 1.807) is 7.05 Å². The SMILES string of the molecule is CCNC(=O)C(C)(C)CNC(=NC)NCCN1CCCCC1CC.I. The van der Waals surface area contributed by atoms with Gasteiger partial charge in [0.15, 0.2) is 5.96 Å². The van der Waals surface area contributed by atoms with Crippen LogP contribution in [0.3, 0.4) is 0 Å². The molecule has 0 spiro atoms.